The van der Waals surface area contributed by atoms with Crippen LogP contribution in [0.1, 0.15) is 30.1 Å². The number of anilines is 1. The van der Waals surface area contributed by atoms with E-state index in [4.69, 9.17) is 9.47 Å². The minimum Gasteiger partial charge on any atom is -0.492 e. The molecule has 6 heteroatoms. The lowest BCUT2D eigenvalue weighted by molar-refractivity contribution is 0.0322. The summed E-state index contributed by atoms with van der Waals surface area (Å²) in [5.74, 6) is 3.34. The fraction of sp³-hybridized carbons (Fsp3) is 0.500. The first-order valence-corrected chi connectivity index (χ1v) is 9.45. The zero-order valence-electron chi connectivity index (χ0n) is 15.1. The Labute approximate surface area is 154 Å². The van der Waals surface area contributed by atoms with Crippen LogP contribution >= 0.6 is 0 Å². The van der Waals surface area contributed by atoms with Gasteiger partial charge in [0.15, 0.2) is 0 Å². The maximum absolute atomic E-state index is 5.92. The predicted molar refractivity (Wildman–Crippen MR) is 101 cm³/mol. The molecule has 0 atom stereocenters. The lowest BCUT2D eigenvalue weighted by Crippen LogP contribution is -2.38. The Morgan fingerprint density at radius 3 is 2.92 bits per heavy atom. The lowest BCUT2D eigenvalue weighted by atomic mass is 10.2. The van der Waals surface area contributed by atoms with Crippen LogP contribution in [0.15, 0.2) is 36.5 Å². The average Bonchev–Trinajstić information content (AvgIpc) is 3.53. The highest BCUT2D eigenvalue weighted by Crippen LogP contribution is 2.38. The predicted octanol–water partition coefficient (Wildman–Crippen LogP) is 2.68. The SMILES string of the molecule is c1cc(CNc2ccnc(C3CC3)n2)cc(OCCN2CCOCC2)c1. The second-order valence-electron chi connectivity index (χ2n) is 6.88. The molecule has 1 aromatic carbocycles. The monoisotopic (exact) mass is 354 g/mol. The summed E-state index contributed by atoms with van der Waals surface area (Å²) in [6.45, 7) is 6.01. The van der Waals surface area contributed by atoms with Gasteiger partial charge in [-0.15, -0.1) is 0 Å². The Kier molecular flexibility index (Phi) is 5.62. The third kappa shape index (κ3) is 4.93. The van der Waals surface area contributed by atoms with Crippen molar-refractivity contribution in [2.75, 3.05) is 44.8 Å². The van der Waals surface area contributed by atoms with E-state index in [1.54, 1.807) is 0 Å². The van der Waals surface area contributed by atoms with E-state index < -0.39 is 0 Å². The highest BCUT2D eigenvalue weighted by Gasteiger charge is 2.26. The van der Waals surface area contributed by atoms with Gasteiger partial charge in [0.05, 0.1) is 13.2 Å². The molecule has 6 nitrogen and oxygen atoms in total. The molecule has 2 aromatic rings. The molecule has 0 unspecified atom stereocenters. The Morgan fingerprint density at radius 2 is 2.08 bits per heavy atom. The maximum Gasteiger partial charge on any atom is 0.133 e. The molecule has 0 radical (unpaired) electrons. The van der Waals surface area contributed by atoms with E-state index in [-0.39, 0.29) is 0 Å². The Hall–Kier alpha value is -2.18. The molecule has 4 rings (SSSR count). The molecular formula is C20H26N4O2. The molecule has 2 heterocycles. The molecule has 2 aliphatic rings. The molecule has 1 aliphatic heterocycles. The second-order valence-corrected chi connectivity index (χ2v) is 6.88. The average molecular weight is 354 g/mol. The normalized spacial score (nSPS) is 17.8. The van der Waals surface area contributed by atoms with Gasteiger partial charge in [0.2, 0.25) is 0 Å². The van der Waals surface area contributed by atoms with Crippen LogP contribution in [0, 0.1) is 0 Å². The highest BCUT2D eigenvalue weighted by molar-refractivity contribution is 5.37. The summed E-state index contributed by atoms with van der Waals surface area (Å²) in [6.07, 6.45) is 4.27. The quantitative estimate of drug-likeness (QED) is 0.786. The van der Waals surface area contributed by atoms with Gasteiger partial charge in [-0.2, -0.15) is 0 Å². The number of morpholine rings is 1. The fourth-order valence-electron chi connectivity index (χ4n) is 3.07. The van der Waals surface area contributed by atoms with Gasteiger partial charge in [0.1, 0.15) is 24.0 Å². The summed E-state index contributed by atoms with van der Waals surface area (Å²) >= 11 is 0. The van der Waals surface area contributed by atoms with Gasteiger partial charge in [0.25, 0.3) is 0 Å². The van der Waals surface area contributed by atoms with Crippen molar-refractivity contribution in [2.45, 2.75) is 25.3 Å². The third-order valence-electron chi connectivity index (χ3n) is 4.77. The zero-order valence-corrected chi connectivity index (χ0v) is 15.1. The van der Waals surface area contributed by atoms with E-state index in [0.717, 1.165) is 56.8 Å². The number of nitrogens with zero attached hydrogens (tertiary/aromatic N) is 3. The maximum atomic E-state index is 5.92. The summed E-state index contributed by atoms with van der Waals surface area (Å²) in [5.41, 5.74) is 1.18. The number of hydrogen-bond donors (Lipinski definition) is 1. The molecule has 0 spiro atoms. The molecule has 1 N–H and O–H groups in total. The molecule has 26 heavy (non-hydrogen) atoms. The van der Waals surface area contributed by atoms with Crippen molar-refractivity contribution in [1.82, 2.24) is 14.9 Å². The van der Waals surface area contributed by atoms with Gasteiger partial charge >= 0.3 is 0 Å². The van der Waals surface area contributed by atoms with Crippen LogP contribution in [0.4, 0.5) is 5.82 Å². The lowest BCUT2D eigenvalue weighted by Gasteiger charge is -2.26. The van der Waals surface area contributed by atoms with Crippen molar-refractivity contribution in [3.63, 3.8) is 0 Å². The number of aromatic nitrogens is 2. The number of benzene rings is 1. The summed E-state index contributed by atoms with van der Waals surface area (Å²) < 4.78 is 11.3. The van der Waals surface area contributed by atoms with Crippen molar-refractivity contribution in [1.29, 1.82) is 0 Å². The molecule has 2 fully saturated rings. The van der Waals surface area contributed by atoms with Crippen LogP contribution in [-0.2, 0) is 11.3 Å². The number of rotatable bonds is 8. The molecule has 138 valence electrons. The zero-order chi connectivity index (χ0) is 17.6. The van der Waals surface area contributed by atoms with Crippen LogP contribution in [0.25, 0.3) is 0 Å². The Balaban J connectivity index is 1.26. The van der Waals surface area contributed by atoms with Crippen LogP contribution in [0.3, 0.4) is 0 Å². The van der Waals surface area contributed by atoms with Crippen molar-refractivity contribution >= 4 is 5.82 Å². The van der Waals surface area contributed by atoms with Crippen molar-refractivity contribution in [3.05, 3.63) is 47.9 Å². The molecule has 1 saturated heterocycles. The van der Waals surface area contributed by atoms with E-state index in [1.807, 2.05) is 24.4 Å². The van der Waals surface area contributed by atoms with E-state index in [1.165, 1.54) is 18.4 Å². The standard InChI is InChI=1S/C20H26N4O2/c1-2-16(15-22-19-6-7-21-20(23-19)17-4-5-17)14-18(3-1)26-13-10-24-8-11-25-12-9-24/h1-3,6-7,14,17H,4-5,8-13,15H2,(H,21,22,23). The van der Waals surface area contributed by atoms with Gasteiger partial charge in [-0.1, -0.05) is 12.1 Å². The van der Waals surface area contributed by atoms with Crippen molar-refractivity contribution < 1.29 is 9.47 Å². The van der Waals surface area contributed by atoms with Crippen LogP contribution < -0.4 is 10.1 Å². The van der Waals surface area contributed by atoms with Crippen LogP contribution in [-0.4, -0.2) is 54.3 Å². The van der Waals surface area contributed by atoms with Crippen LogP contribution in [0.2, 0.25) is 0 Å². The topological polar surface area (TPSA) is 59.5 Å². The Bertz CT molecular complexity index is 714. The van der Waals surface area contributed by atoms with Crippen molar-refractivity contribution in [2.24, 2.45) is 0 Å². The number of hydrogen-bond acceptors (Lipinski definition) is 6. The molecule has 1 saturated carbocycles. The largest absolute Gasteiger partial charge is 0.492 e. The van der Waals surface area contributed by atoms with E-state index in [9.17, 15) is 0 Å². The molecule has 1 aliphatic carbocycles. The van der Waals surface area contributed by atoms with Gasteiger partial charge in [0, 0.05) is 38.3 Å². The van der Waals surface area contributed by atoms with E-state index in [2.05, 4.69) is 32.3 Å². The summed E-state index contributed by atoms with van der Waals surface area (Å²) in [4.78, 5) is 11.3. The third-order valence-corrected chi connectivity index (χ3v) is 4.77. The minimum absolute atomic E-state index is 0.569. The summed E-state index contributed by atoms with van der Waals surface area (Å²) in [5, 5.41) is 3.39. The molecule has 0 amide bonds. The molecular weight excluding hydrogens is 328 g/mol. The first kappa shape index (κ1) is 17.2. The number of ether oxygens (including phenoxy) is 2. The number of nitrogens with one attached hydrogen (secondary N) is 1. The molecule has 1 aromatic heterocycles. The van der Waals surface area contributed by atoms with Crippen LogP contribution in [0.5, 0.6) is 5.75 Å². The minimum atomic E-state index is 0.569. The Morgan fingerprint density at radius 1 is 1.19 bits per heavy atom. The smallest absolute Gasteiger partial charge is 0.133 e. The second kappa shape index (κ2) is 8.47. The first-order chi connectivity index (χ1) is 12.9. The molecule has 0 bridgehead atoms. The van der Waals surface area contributed by atoms with Gasteiger partial charge < -0.3 is 14.8 Å². The van der Waals surface area contributed by atoms with Gasteiger partial charge in [-0.25, -0.2) is 9.97 Å². The summed E-state index contributed by atoms with van der Waals surface area (Å²) in [7, 11) is 0. The van der Waals surface area contributed by atoms with E-state index >= 15 is 0 Å². The van der Waals surface area contributed by atoms with Crippen molar-refractivity contribution in [3.8, 4) is 5.75 Å². The highest BCUT2D eigenvalue weighted by atomic mass is 16.5. The first-order valence-electron chi connectivity index (χ1n) is 9.45. The van der Waals surface area contributed by atoms with Gasteiger partial charge in [-0.3, -0.25) is 4.90 Å². The van der Waals surface area contributed by atoms with E-state index in [0.29, 0.717) is 12.5 Å². The summed E-state index contributed by atoms with van der Waals surface area (Å²) in [6, 6.07) is 10.2. The van der Waals surface area contributed by atoms with Gasteiger partial charge in [-0.05, 0) is 36.6 Å². The fourth-order valence-corrected chi connectivity index (χ4v) is 3.07.